The van der Waals surface area contributed by atoms with Gasteiger partial charge in [-0.25, -0.2) is 4.79 Å². The number of carbonyl (C=O) groups is 1. The van der Waals surface area contributed by atoms with Crippen LogP contribution in [0.25, 0.3) is 0 Å². The van der Waals surface area contributed by atoms with Crippen LogP contribution in [0.5, 0.6) is 0 Å². The first kappa shape index (κ1) is 15.8. The van der Waals surface area contributed by atoms with E-state index in [0.717, 1.165) is 17.7 Å². The maximum atomic E-state index is 12.0. The SMILES string of the molecule is CCOC(=O)c1cc([N+](=O)[O-])ccc1SC1CCCCC1. The molecule has 0 spiro atoms. The van der Waals surface area contributed by atoms with Gasteiger partial charge in [-0.3, -0.25) is 10.1 Å². The molecular weight excluding hydrogens is 290 g/mol. The fraction of sp³-hybridized carbons (Fsp3) is 0.533. The number of carbonyl (C=O) groups excluding carboxylic acids is 1. The molecule has 21 heavy (non-hydrogen) atoms. The van der Waals surface area contributed by atoms with Gasteiger partial charge in [-0.2, -0.15) is 0 Å². The van der Waals surface area contributed by atoms with Crippen molar-refractivity contribution in [3.05, 3.63) is 33.9 Å². The Bertz CT molecular complexity index is 526. The summed E-state index contributed by atoms with van der Waals surface area (Å²) in [4.78, 5) is 23.2. The second-order valence-corrected chi connectivity index (χ2v) is 6.38. The number of hydrogen-bond donors (Lipinski definition) is 0. The lowest BCUT2D eigenvalue weighted by Gasteiger charge is -2.21. The van der Waals surface area contributed by atoms with Crippen LogP contribution in [-0.4, -0.2) is 22.7 Å². The molecule has 0 aliphatic heterocycles. The van der Waals surface area contributed by atoms with Crippen LogP contribution < -0.4 is 0 Å². The Morgan fingerprint density at radius 1 is 1.38 bits per heavy atom. The van der Waals surface area contributed by atoms with E-state index in [1.165, 1.54) is 31.4 Å². The van der Waals surface area contributed by atoms with Gasteiger partial charge in [-0.1, -0.05) is 19.3 Å². The smallest absolute Gasteiger partial charge is 0.339 e. The number of rotatable bonds is 5. The second-order valence-electron chi connectivity index (χ2n) is 5.04. The highest BCUT2D eigenvalue weighted by atomic mass is 32.2. The summed E-state index contributed by atoms with van der Waals surface area (Å²) in [6, 6.07) is 4.45. The largest absolute Gasteiger partial charge is 0.462 e. The maximum Gasteiger partial charge on any atom is 0.339 e. The van der Waals surface area contributed by atoms with E-state index in [0.29, 0.717) is 10.8 Å². The highest BCUT2D eigenvalue weighted by Gasteiger charge is 2.22. The van der Waals surface area contributed by atoms with Gasteiger partial charge >= 0.3 is 5.97 Å². The monoisotopic (exact) mass is 309 g/mol. The molecule has 1 aromatic rings. The number of nitro groups is 1. The first-order valence-electron chi connectivity index (χ1n) is 7.24. The Morgan fingerprint density at radius 2 is 2.10 bits per heavy atom. The third kappa shape index (κ3) is 4.20. The minimum absolute atomic E-state index is 0.0777. The third-order valence-electron chi connectivity index (χ3n) is 3.52. The number of thioether (sulfide) groups is 1. The molecule has 0 N–H and O–H groups in total. The van der Waals surface area contributed by atoms with E-state index in [1.54, 1.807) is 24.8 Å². The molecule has 1 fully saturated rings. The zero-order valence-electron chi connectivity index (χ0n) is 12.0. The number of non-ortho nitro benzene ring substituents is 1. The quantitative estimate of drug-likeness (QED) is 0.463. The maximum absolute atomic E-state index is 12.0. The molecule has 0 atom stereocenters. The van der Waals surface area contributed by atoms with Crippen LogP contribution in [-0.2, 0) is 4.74 Å². The highest BCUT2D eigenvalue weighted by molar-refractivity contribution is 8.00. The Kier molecular flexibility index (Phi) is 5.61. The molecule has 1 aliphatic rings. The summed E-state index contributed by atoms with van der Waals surface area (Å²) >= 11 is 1.64. The summed E-state index contributed by atoms with van der Waals surface area (Å²) in [5.74, 6) is -0.487. The van der Waals surface area contributed by atoms with Crippen LogP contribution in [0.2, 0.25) is 0 Å². The molecule has 1 aliphatic carbocycles. The molecule has 6 heteroatoms. The van der Waals surface area contributed by atoms with E-state index in [4.69, 9.17) is 4.74 Å². The highest BCUT2D eigenvalue weighted by Crippen LogP contribution is 2.36. The molecule has 5 nitrogen and oxygen atoms in total. The zero-order chi connectivity index (χ0) is 15.2. The molecule has 0 heterocycles. The van der Waals surface area contributed by atoms with Crippen molar-refractivity contribution in [1.82, 2.24) is 0 Å². The van der Waals surface area contributed by atoms with Crippen molar-refractivity contribution >= 4 is 23.4 Å². The number of esters is 1. The van der Waals surface area contributed by atoms with Crippen molar-refractivity contribution in [3.63, 3.8) is 0 Å². The van der Waals surface area contributed by atoms with Gasteiger partial charge in [0.05, 0.1) is 17.1 Å². The summed E-state index contributed by atoms with van der Waals surface area (Å²) in [6.45, 7) is 1.98. The second kappa shape index (κ2) is 7.45. The summed E-state index contributed by atoms with van der Waals surface area (Å²) in [5, 5.41) is 11.4. The zero-order valence-corrected chi connectivity index (χ0v) is 12.9. The molecule has 0 amide bonds. The van der Waals surface area contributed by atoms with Gasteiger partial charge in [-0.05, 0) is 25.8 Å². The van der Waals surface area contributed by atoms with Crippen LogP contribution in [0, 0.1) is 10.1 Å². The number of nitrogens with zero attached hydrogens (tertiary/aromatic N) is 1. The molecular formula is C15H19NO4S. The van der Waals surface area contributed by atoms with Crippen molar-refractivity contribution in [2.45, 2.75) is 49.2 Å². The summed E-state index contributed by atoms with van der Waals surface area (Å²) in [7, 11) is 0. The predicted octanol–water partition coefficient (Wildman–Crippen LogP) is 4.20. The van der Waals surface area contributed by atoms with E-state index < -0.39 is 10.9 Å². The van der Waals surface area contributed by atoms with Crippen LogP contribution in [0.1, 0.15) is 49.4 Å². The number of ether oxygens (including phenoxy) is 1. The summed E-state index contributed by atoms with van der Waals surface area (Å²) < 4.78 is 5.02. The van der Waals surface area contributed by atoms with Crippen LogP contribution >= 0.6 is 11.8 Å². The van der Waals surface area contributed by atoms with E-state index >= 15 is 0 Å². The lowest BCUT2D eigenvalue weighted by molar-refractivity contribution is -0.384. The Labute approximate surface area is 128 Å². The molecule has 114 valence electrons. The molecule has 0 saturated heterocycles. The fourth-order valence-corrected chi connectivity index (χ4v) is 3.81. The normalized spacial score (nSPS) is 15.7. The number of nitro benzene ring substituents is 1. The Morgan fingerprint density at radius 3 is 2.71 bits per heavy atom. The molecule has 0 bridgehead atoms. The van der Waals surface area contributed by atoms with E-state index in [-0.39, 0.29) is 12.3 Å². The average molecular weight is 309 g/mol. The van der Waals surface area contributed by atoms with Gasteiger partial charge in [0.2, 0.25) is 0 Å². The van der Waals surface area contributed by atoms with E-state index in [9.17, 15) is 14.9 Å². The molecule has 2 rings (SSSR count). The van der Waals surface area contributed by atoms with E-state index in [1.807, 2.05) is 0 Å². The van der Waals surface area contributed by atoms with E-state index in [2.05, 4.69) is 0 Å². The van der Waals surface area contributed by atoms with Gasteiger partial charge in [0.1, 0.15) is 0 Å². The molecule has 1 saturated carbocycles. The number of benzene rings is 1. The van der Waals surface area contributed by atoms with Gasteiger partial charge in [0.25, 0.3) is 5.69 Å². The Hall–Kier alpha value is -1.56. The van der Waals surface area contributed by atoms with Crippen molar-refractivity contribution in [2.75, 3.05) is 6.61 Å². The fourth-order valence-electron chi connectivity index (χ4n) is 2.47. The van der Waals surface area contributed by atoms with Crippen LogP contribution in [0.3, 0.4) is 0 Å². The first-order chi connectivity index (χ1) is 10.1. The standard InChI is InChI=1S/C15H19NO4S/c1-2-20-15(17)13-10-11(16(18)19)8-9-14(13)21-12-6-4-3-5-7-12/h8-10,12H,2-7H2,1H3. The lowest BCUT2D eigenvalue weighted by atomic mass is 10.0. The first-order valence-corrected chi connectivity index (χ1v) is 8.12. The number of hydrogen-bond acceptors (Lipinski definition) is 5. The molecule has 1 aromatic carbocycles. The van der Waals surface area contributed by atoms with Crippen molar-refractivity contribution < 1.29 is 14.5 Å². The summed E-state index contributed by atoms with van der Waals surface area (Å²) in [6.07, 6.45) is 5.94. The van der Waals surface area contributed by atoms with Gasteiger partial charge in [-0.15, -0.1) is 11.8 Å². The van der Waals surface area contributed by atoms with Crippen molar-refractivity contribution in [3.8, 4) is 0 Å². The molecule has 0 radical (unpaired) electrons. The third-order valence-corrected chi connectivity index (χ3v) is 4.93. The average Bonchev–Trinajstić information content (AvgIpc) is 2.48. The van der Waals surface area contributed by atoms with Gasteiger partial charge in [0, 0.05) is 22.3 Å². The van der Waals surface area contributed by atoms with Gasteiger partial charge < -0.3 is 4.74 Å². The van der Waals surface area contributed by atoms with Crippen LogP contribution in [0.4, 0.5) is 5.69 Å². The van der Waals surface area contributed by atoms with Crippen molar-refractivity contribution in [2.24, 2.45) is 0 Å². The van der Waals surface area contributed by atoms with Crippen LogP contribution in [0.15, 0.2) is 23.1 Å². The molecule has 0 unspecified atom stereocenters. The predicted molar refractivity (Wildman–Crippen MR) is 81.8 cm³/mol. The topological polar surface area (TPSA) is 69.4 Å². The minimum atomic E-state index is -0.488. The minimum Gasteiger partial charge on any atom is -0.462 e. The molecule has 0 aromatic heterocycles. The summed E-state index contributed by atoms with van der Waals surface area (Å²) in [5.41, 5.74) is 0.229. The Balaban J connectivity index is 2.25. The lowest BCUT2D eigenvalue weighted by Crippen LogP contribution is -2.11. The van der Waals surface area contributed by atoms with Gasteiger partial charge in [0.15, 0.2) is 0 Å². The van der Waals surface area contributed by atoms with Crippen molar-refractivity contribution in [1.29, 1.82) is 0 Å².